The predicted molar refractivity (Wildman–Crippen MR) is 80.5 cm³/mol. The summed E-state index contributed by atoms with van der Waals surface area (Å²) < 4.78 is 41.0. The molecule has 8 heteroatoms. The number of nitrogens with one attached hydrogen (secondary N) is 1. The summed E-state index contributed by atoms with van der Waals surface area (Å²) in [6, 6.07) is 2.51. The van der Waals surface area contributed by atoms with Gasteiger partial charge in [-0.25, -0.2) is 17.8 Å². The maximum atomic E-state index is 14.1. The second kappa shape index (κ2) is 4.96. The molecule has 1 aromatic carbocycles. The number of halogens is 1. The quantitative estimate of drug-likeness (QED) is 0.848. The third-order valence-electron chi connectivity index (χ3n) is 3.35. The first-order valence-electron chi connectivity index (χ1n) is 6.44. The summed E-state index contributed by atoms with van der Waals surface area (Å²) in [7, 11) is -4.03. The monoisotopic (exact) mass is 327 g/mol. The topological polar surface area (TPSA) is 85.1 Å². The van der Waals surface area contributed by atoms with Gasteiger partial charge in [-0.05, 0) is 43.9 Å². The average molecular weight is 327 g/mol. The van der Waals surface area contributed by atoms with Crippen molar-refractivity contribution in [3.05, 3.63) is 34.1 Å². The van der Waals surface area contributed by atoms with Gasteiger partial charge in [-0.15, -0.1) is 11.3 Å². The zero-order chi connectivity index (χ0) is 15.2. The van der Waals surface area contributed by atoms with E-state index in [4.69, 9.17) is 5.73 Å². The Morgan fingerprint density at radius 1 is 1.38 bits per heavy atom. The van der Waals surface area contributed by atoms with E-state index in [1.165, 1.54) is 24.3 Å². The highest BCUT2D eigenvalue weighted by Crippen LogP contribution is 2.32. The van der Waals surface area contributed by atoms with Crippen LogP contribution in [0.1, 0.15) is 22.6 Å². The molecule has 3 rings (SSSR count). The molecule has 0 saturated carbocycles. The standard InChI is InChI=1S/C13H14FN3O2S2/c1-7-5-8(15)6-11(12(7)14)21(18,19)17-13-16-9-3-2-4-10(9)20-13/h5-6H,2-4,15H2,1H3,(H,16,17). The summed E-state index contributed by atoms with van der Waals surface area (Å²) in [6.45, 7) is 1.47. The summed E-state index contributed by atoms with van der Waals surface area (Å²) >= 11 is 1.30. The molecule has 0 bridgehead atoms. The number of hydrogen-bond donors (Lipinski definition) is 2. The molecule has 1 heterocycles. The normalized spacial score (nSPS) is 14.2. The molecule has 21 heavy (non-hydrogen) atoms. The Labute approximate surface area is 126 Å². The van der Waals surface area contributed by atoms with Gasteiger partial charge < -0.3 is 5.73 Å². The van der Waals surface area contributed by atoms with E-state index in [2.05, 4.69) is 9.71 Å². The first kappa shape index (κ1) is 14.3. The highest BCUT2D eigenvalue weighted by molar-refractivity contribution is 7.93. The zero-order valence-electron chi connectivity index (χ0n) is 11.3. The van der Waals surface area contributed by atoms with E-state index in [0.29, 0.717) is 0 Å². The number of nitrogens with zero attached hydrogens (tertiary/aromatic N) is 1. The van der Waals surface area contributed by atoms with E-state index in [1.54, 1.807) is 0 Å². The van der Waals surface area contributed by atoms with Crippen molar-refractivity contribution in [3.8, 4) is 0 Å². The fraction of sp³-hybridized carbons (Fsp3) is 0.308. The molecule has 2 aromatic rings. The lowest BCUT2D eigenvalue weighted by Crippen LogP contribution is -2.15. The first-order valence-corrected chi connectivity index (χ1v) is 8.74. The van der Waals surface area contributed by atoms with Crippen LogP contribution in [0.4, 0.5) is 15.2 Å². The van der Waals surface area contributed by atoms with Gasteiger partial charge in [-0.3, -0.25) is 4.72 Å². The Hall–Kier alpha value is -1.67. The van der Waals surface area contributed by atoms with Crippen LogP contribution in [-0.2, 0) is 22.9 Å². The smallest absolute Gasteiger partial charge is 0.266 e. The van der Waals surface area contributed by atoms with E-state index in [1.807, 2.05) is 0 Å². The number of aryl methyl sites for hydroxylation is 3. The highest BCUT2D eigenvalue weighted by Gasteiger charge is 2.24. The van der Waals surface area contributed by atoms with Crippen LogP contribution >= 0.6 is 11.3 Å². The lowest BCUT2D eigenvalue weighted by molar-refractivity contribution is 0.565. The summed E-state index contributed by atoms with van der Waals surface area (Å²) in [4.78, 5) is 4.90. The van der Waals surface area contributed by atoms with Gasteiger partial charge in [-0.2, -0.15) is 0 Å². The third-order valence-corrected chi connectivity index (χ3v) is 5.89. The minimum absolute atomic E-state index is 0.192. The van der Waals surface area contributed by atoms with Crippen LogP contribution in [0, 0.1) is 12.7 Å². The van der Waals surface area contributed by atoms with Crippen LogP contribution < -0.4 is 10.5 Å². The number of fused-ring (bicyclic) bond motifs is 1. The molecule has 1 aliphatic carbocycles. The summed E-state index contributed by atoms with van der Waals surface area (Å²) in [5.41, 5.74) is 6.93. The SMILES string of the molecule is Cc1cc(N)cc(S(=O)(=O)Nc2nc3c(s2)CCC3)c1F. The van der Waals surface area contributed by atoms with Gasteiger partial charge in [0.25, 0.3) is 10.0 Å². The van der Waals surface area contributed by atoms with Crippen molar-refractivity contribution in [1.82, 2.24) is 4.98 Å². The molecule has 0 radical (unpaired) electrons. The Morgan fingerprint density at radius 2 is 2.14 bits per heavy atom. The van der Waals surface area contributed by atoms with Gasteiger partial charge in [-0.1, -0.05) is 0 Å². The molecule has 112 valence electrons. The van der Waals surface area contributed by atoms with Crippen LogP contribution in [0.5, 0.6) is 0 Å². The maximum absolute atomic E-state index is 14.1. The van der Waals surface area contributed by atoms with Crippen molar-refractivity contribution in [3.63, 3.8) is 0 Å². The molecule has 0 aliphatic heterocycles. The van der Waals surface area contributed by atoms with Gasteiger partial charge in [0, 0.05) is 10.6 Å². The lowest BCUT2D eigenvalue weighted by Gasteiger charge is -2.09. The van der Waals surface area contributed by atoms with Crippen molar-refractivity contribution >= 4 is 32.2 Å². The highest BCUT2D eigenvalue weighted by atomic mass is 32.2. The van der Waals surface area contributed by atoms with Crippen molar-refractivity contribution < 1.29 is 12.8 Å². The van der Waals surface area contributed by atoms with Crippen LogP contribution in [0.3, 0.4) is 0 Å². The Morgan fingerprint density at radius 3 is 2.86 bits per heavy atom. The van der Waals surface area contributed by atoms with E-state index in [9.17, 15) is 12.8 Å². The molecular weight excluding hydrogens is 313 g/mol. The Kier molecular flexibility index (Phi) is 3.37. The number of aromatic nitrogens is 1. The van der Waals surface area contributed by atoms with Gasteiger partial charge in [0.15, 0.2) is 5.13 Å². The van der Waals surface area contributed by atoms with Gasteiger partial charge in [0.1, 0.15) is 10.7 Å². The second-order valence-corrected chi connectivity index (χ2v) is 7.73. The molecule has 0 fully saturated rings. The Bertz CT molecular complexity index is 794. The van der Waals surface area contributed by atoms with Crippen molar-refractivity contribution in [2.75, 3.05) is 10.5 Å². The molecule has 0 spiro atoms. The minimum atomic E-state index is -4.03. The average Bonchev–Trinajstić information content (AvgIpc) is 2.93. The van der Waals surface area contributed by atoms with Crippen molar-refractivity contribution in [2.24, 2.45) is 0 Å². The molecule has 0 saturated heterocycles. The molecular formula is C13H14FN3O2S2. The van der Waals surface area contributed by atoms with Crippen LogP contribution in [0.25, 0.3) is 0 Å². The lowest BCUT2D eigenvalue weighted by atomic mass is 10.2. The first-order chi connectivity index (χ1) is 9.87. The molecule has 1 aliphatic rings. The van der Waals surface area contributed by atoms with E-state index in [-0.39, 0.29) is 16.4 Å². The molecule has 1 aromatic heterocycles. The second-order valence-electron chi connectivity index (χ2n) is 5.00. The largest absolute Gasteiger partial charge is 0.399 e. The number of hydrogen-bond acceptors (Lipinski definition) is 5. The molecule has 0 unspecified atom stereocenters. The third kappa shape index (κ3) is 2.60. The number of sulfonamides is 1. The number of thiazole rings is 1. The van der Waals surface area contributed by atoms with Crippen LogP contribution in [-0.4, -0.2) is 13.4 Å². The van der Waals surface area contributed by atoms with Crippen LogP contribution in [0.15, 0.2) is 17.0 Å². The molecule has 0 amide bonds. The van der Waals surface area contributed by atoms with Gasteiger partial charge >= 0.3 is 0 Å². The fourth-order valence-corrected chi connectivity index (χ4v) is 4.83. The van der Waals surface area contributed by atoms with E-state index >= 15 is 0 Å². The minimum Gasteiger partial charge on any atom is -0.399 e. The van der Waals surface area contributed by atoms with Crippen molar-refractivity contribution in [1.29, 1.82) is 0 Å². The molecule has 0 atom stereocenters. The predicted octanol–water partition coefficient (Wildman–Crippen LogP) is 2.46. The number of benzene rings is 1. The number of rotatable bonds is 3. The fourth-order valence-electron chi connectivity index (χ4n) is 2.36. The van der Waals surface area contributed by atoms with E-state index < -0.39 is 20.7 Å². The zero-order valence-corrected chi connectivity index (χ0v) is 12.9. The summed E-state index contributed by atoms with van der Waals surface area (Å²) in [5, 5.41) is 0.277. The maximum Gasteiger partial charge on any atom is 0.266 e. The summed E-state index contributed by atoms with van der Waals surface area (Å²) in [5.74, 6) is -0.791. The van der Waals surface area contributed by atoms with Crippen LogP contribution in [0.2, 0.25) is 0 Å². The Balaban J connectivity index is 1.97. The van der Waals surface area contributed by atoms with E-state index in [0.717, 1.165) is 35.9 Å². The molecule has 3 N–H and O–H groups in total. The van der Waals surface area contributed by atoms with Gasteiger partial charge in [0.2, 0.25) is 0 Å². The number of anilines is 2. The van der Waals surface area contributed by atoms with Crippen molar-refractivity contribution in [2.45, 2.75) is 31.1 Å². The molecule has 5 nitrogen and oxygen atoms in total. The van der Waals surface area contributed by atoms with Gasteiger partial charge in [0.05, 0.1) is 5.69 Å². The number of nitrogen functional groups attached to an aromatic ring is 1. The summed E-state index contributed by atoms with van der Waals surface area (Å²) in [6.07, 6.45) is 2.82. The number of nitrogens with two attached hydrogens (primary N) is 1.